The highest BCUT2D eigenvalue weighted by molar-refractivity contribution is 7.98. The average molecular weight is 341 g/mol. The number of hydrogen-bond acceptors (Lipinski definition) is 3. The number of hydrogen-bond donors (Lipinski definition) is 0. The van der Waals surface area contributed by atoms with Crippen LogP contribution in [0.3, 0.4) is 0 Å². The number of likely N-dealkylation sites (tertiary alicyclic amines) is 1. The van der Waals surface area contributed by atoms with E-state index in [4.69, 9.17) is 4.74 Å². The Morgan fingerprint density at radius 1 is 1.08 bits per heavy atom. The van der Waals surface area contributed by atoms with Crippen LogP contribution in [-0.2, 0) is 11.3 Å². The maximum Gasteiger partial charge on any atom is 0.410 e. The third-order valence-electron chi connectivity index (χ3n) is 4.54. The number of carbonyl (C=O) groups excluding carboxylic acids is 1. The van der Waals surface area contributed by atoms with E-state index in [1.807, 2.05) is 35.2 Å². The molecule has 1 saturated heterocycles. The fourth-order valence-corrected chi connectivity index (χ4v) is 3.87. The van der Waals surface area contributed by atoms with Crippen LogP contribution < -0.4 is 0 Å². The van der Waals surface area contributed by atoms with Gasteiger partial charge in [-0.05, 0) is 42.2 Å². The molecule has 0 radical (unpaired) electrons. The van der Waals surface area contributed by atoms with Crippen molar-refractivity contribution in [2.45, 2.75) is 30.3 Å². The number of piperidine rings is 1. The van der Waals surface area contributed by atoms with Crippen LogP contribution in [0.5, 0.6) is 0 Å². The minimum absolute atomic E-state index is 0.199. The SMILES string of the molecule is CSc1ccccc1C1CCN(C(=O)OCc2ccccc2)CC1. The highest BCUT2D eigenvalue weighted by Crippen LogP contribution is 2.34. The van der Waals surface area contributed by atoms with Crippen molar-refractivity contribution in [3.63, 3.8) is 0 Å². The van der Waals surface area contributed by atoms with E-state index in [1.165, 1.54) is 10.5 Å². The van der Waals surface area contributed by atoms with Gasteiger partial charge < -0.3 is 9.64 Å². The van der Waals surface area contributed by atoms with Crippen molar-refractivity contribution in [1.82, 2.24) is 4.90 Å². The van der Waals surface area contributed by atoms with E-state index in [1.54, 1.807) is 11.8 Å². The van der Waals surface area contributed by atoms with Gasteiger partial charge in [0.25, 0.3) is 0 Å². The van der Waals surface area contributed by atoms with Crippen LogP contribution in [0.2, 0.25) is 0 Å². The summed E-state index contributed by atoms with van der Waals surface area (Å²) < 4.78 is 5.44. The second-order valence-corrected chi connectivity index (χ2v) is 6.89. The van der Waals surface area contributed by atoms with Crippen LogP contribution in [0.4, 0.5) is 4.79 Å². The van der Waals surface area contributed by atoms with E-state index in [0.717, 1.165) is 31.5 Å². The van der Waals surface area contributed by atoms with E-state index in [9.17, 15) is 4.79 Å². The molecule has 0 atom stereocenters. The molecular formula is C20H23NO2S. The molecule has 2 aromatic carbocycles. The summed E-state index contributed by atoms with van der Waals surface area (Å²) in [6.07, 6.45) is 3.92. The van der Waals surface area contributed by atoms with Crippen molar-refractivity contribution >= 4 is 17.9 Å². The lowest BCUT2D eigenvalue weighted by atomic mass is 9.89. The van der Waals surface area contributed by atoms with Gasteiger partial charge in [-0.25, -0.2) is 4.79 Å². The lowest BCUT2D eigenvalue weighted by Gasteiger charge is -2.32. The highest BCUT2D eigenvalue weighted by Gasteiger charge is 2.25. The van der Waals surface area contributed by atoms with Crippen LogP contribution >= 0.6 is 11.8 Å². The van der Waals surface area contributed by atoms with Gasteiger partial charge in [-0.2, -0.15) is 0 Å². The summed E-state index contributed by atoms with van der Waals surface area (Å²) in [5, 5.41) is 0. The molecule has 24 heavy (non-hydrogen) atoms. The Morgan fingerprint density at radius 3 is 2.46 bits per heavy atom. The first-order valence-electron chi connectivity index (χ1n) is 8.36. The first kappa shape index (κ1) is 16.9. The summed E-state index contributed by atoms with van der Waals surface area (Å²) in [6.45, 7) is 1.87. The van der Waals surface area contributed by atoms with E-state index in [0.29, 0.717) is 12.5 Å². The van der Waals surface area contributed by atoms with Gasteiger partial charge in [0, 0.05) is 18.0 Å². The molecule has 1 fully saturated rings. The highest BCUT2D eigenvalue weighted by atomic mass is 32.2. The van der Waals surface area contributed by atoms with Crippen molar-refractivity contribution in [2.24, 2.45) is 0 Å². The Labute approximate surface area is 148 Å². The van der Waals surface area contributed by atoms with Gasteiger partial charge in [0.15, 0.2) is 0 Å². The van der Waals surface area contributed by atoms with Crippen molar-refractivity contribution in [1.29, 1.82) is 0 Å². The zero-order valence-electron chi connectivity index (χ0n) is 14.0. The van der Waals surface area contributed by atoms with Crippen molar-refractivity contribution in [2.75, 3.05) is 19.3 Å². The van der Waals surface area contributed by atoms with E-state index >= 15 is 0 Å². The number of carbonyl (C=O) groups is 1. The molecule has 1 heterocycles. The normalized spacial score (nSPS) is 15.3. The largest absolute Gasteiger partial charge is 0.445 e. The van der Waals surface area contributed by atoms with Gasteiger partial charge in [0.1, 0.15) is 6.61 Å². The summed E-state index contributed by atoms with van der Waals surface area (Å²) in [5.41, 5.74) is 2.44. The number of thioether (sulfide) groups is 1. The quantitative estimate of drug-likeness (QED) is 0.739. The van der Waals surface area contributed by atoms with Gasteiger partial charge in [-0.3, -0.25) is 0 Å². The van der Waals surface area contributed by atoms with Gasteiger partial charge in [0.2, 0.25) is 0 Å². The lowest BCUT2D eigenvalue weighted by molar-refractivity contribution is 0.0869. The molecule has 2 aromatic rings. The number of benzene rings is 2. The number of amides is 1. The molecule has 1 aliphatic rings. The van der Waals surface area contributed by atoms with Crippen molar-refractivity contribution in [3.8, 4) is 0 Å². The molecule has 1 aliphatic heterocycles. The topological polar surface area (TPSA) is 29.5 Å². The molecule has 0 aromatic heterocycles. The fourth-order valence-electron chi connectivity index (χ4n) is 3.19. The predicted octanol–water partition coefficient (Wildman–Crippen LogP) is 4.92. The molecular weight excluding hydrogens is 318 g/mol. The molecule has 0 bridgehead atoms. The number of nitrogens with zero attached hydrogens (tertiary/aromatic N) is 1. The van der Waals surface area contributed by atoms with Gasteiger partial charge in [-0.1, -0.05) is 48.5 Å². The van der Waals surface area contributed by atoms with Gasteiger partial charge in [-0.15, -0.1) is 11.8 Å². The third kappa shape index (κ3) is 4.12. The Balaban J connectivity index is 1.52. The Kier molecular flexibility index (Phi) is 5.81. The standard InChI is InChI=1S/C20H23NO2S/c1-24-19-10-6-5-9-18(19)17-11-13-21(14-12-17)20(22)23-15-16-7-3-2-4-8-16/h2-10,17H,11-15H2,1H3. The summed E-state index contributed by atoms with van der Waals surface area (Å²) >= 11 is 1.80. The van der Waals surface area contributed by atoms with Crippen LogP contribution in [-0.4, -0.2) is 30.3 Å². The molecule has 3 rings (SSSR count). The predicted molar refractivity (Wildman–Crippen MR) is 98.4 cm³/mol. The number of ether oxygens (including phenoxy) is 1. The molecule has 0 spiro atoms. The second-order valence-electron chi connectivity index (χ2n) is 6.04. The first-order valence-corrected chi connectivity index (χ1v) is 9.59. The average Bonchev–Trinajstić information content (AvgIpc) is 2.67. The van der Waals surface area contributed by atoms with Crippen molar-refractivity contribution < 1.29 is 9.53 Å². The van der Waals surface area contributed by atoms with Crippen LogP contribution in [0, 0.1) is 0 Å². The minimum Gasteiger partial charge on any atom is -0.445 e. The molecule has 0 unspecified atom stereocenters. The van der Waals surface area contributed by atoms with E-state index < -0.39 is 0 Å². The molecule has 4 heteroatoms. The monoisotopic (exact) mass is 341 g/mol. The third-order valence-corrected chi connectivity index (χ3v) is 5.35. The number of rotatable bonds is 4. The molecule has 1 amide bonds. The summed E-state index contributed by atoms with van der Waals surface area (Å²) in [5.74, 6) is 0.534. The smallest absolute Gasteiger partial charge is 0.410 e. The van der Waals surface area contributed by atoms with E-state index in [2.05, 4.69) is 30.5 Å². The summed E-state index contributed by atoms with van der Waals surface area (Å²) in [6, 6.07) is 18.4. The Bertz CT molecular complexity index is 666. The maximum atomic E-state index is 12.2. The van der Waals surface area contributed by atoms with Gasteiger partial charge >= 0.3 is 6.09 Å². The summed E-state index contributed by atoms with van der Waals surface area (Å²) in [7, 11) is 0. The second kappa shape index (κ2) is 8.25. The minimum atomic E-state index is -0.199. The maximum absolute atomic E-state index is 12.2. The lowest BCUT2D eigenvalue weighted by Crippen LogP contribution is -2.38. The molecule has 126 valence electrons. The molecule has 0 N–H and O–H groups in total. The Morgan fingerprint density at radius 2 is 1.75 bits per heavy atom. The Hall–Kier alpha value is -1.94. The van der Waals surface area contributed by atoms with Crippen molar-refractivity contribution in [3.05, 3.63) is 65.7 Å². The van der Waals surface area contributed by atoms with Gasteiger partial charge in [0.05, 0.1) is 0 Å². The fraction of sp³-hybridized carbons (Fsp3) is 0.350. The molecule has 3 nitrogen and oxygen atoms in total. The summed E-state index contributed by atoms with van der Waals surface area (Å²) in [4.78, 5) is 15.4. The molecule has 0 aliphatic carbocycles. The van der Waals surface area contributed by atoms with E-state index in [-0.39, 0.29) is 6.09 Å². The zero-order chi connectivity index (χ0) is 16.8. The molecule has 0 saturated carbocycles. The van der Waals surface area contributed by atoms with Crippen LogP contribution in [0.15, 0.2) is 59.5 Å². The first-order chi connectivity index (χ1) is 11.8. The van der Waals surface area contributed by atoms with Crippen LogP contribution in [0.1, 0.15) is 29.9 Å². The van der Waals surface area contributed by atoms with Crippen LogP contribution in [0.25, 0.3) is 0 Å². The zero-order valence-corrected chi connectivity index (χ0v) is 14.8.